The fourth-order valence-electron chi connectivity index (χ4n) is 2.36. The molecule has 0 bridgehead atoms. The summed E-state index contributed by atoms with van der Waals surface area (Å²) in [5.74, 6) is 5.70. The largest absolute Gasteiger partial charge is 0.271 e. The van der Waals surface area contributed by atoms with Crippen LogP contribution in [0, 0.1) is 20.8 Å². The minimum absolute atomic E-state index is 0.223. The van der Waals surface area contributed by atoms with Crippen molar-refractivity contribution in [1.82, 2.24) is 10.4 Å². The molecule has 0 saturated carbocycles. The summed E-state index contributed by atoms with van der Waals surface area (Å²) in [5, 5.41) is 3.22. The van der Waals surface area contributed by atoms with E-state index in [0.717, 1.165) is 23.5 Å². The molecular weight excluding hydrogens is 254 g/mol. The lowest BCUT2D eigenvalue weighted by Gasteiger charge is -2.18. The van der Waals surface area contributed by atoms with E-state index in [1.807, 2.05) is 6.92 Å². The van der Waals surface area contributed by atoms with Crippen molar-refractivity contribution in [2.45, 2.75) is 39.7 Å². The number of hydrazine groups is 1. The van der Waals surface area contributed by atoms with E-state index in [1.165, 1.54) is 16.7 Å². The van der Waals surface area contributed by atoms with Gasteiger partial charge in [-0.3, -0.25) is 11.3 Å². The lowest BCUT2D eigenvalue weighted by atomic mass is 9.95. The Morgan fingerprint density at radius 3 is 2.42 bits per heavy atom. The van der Waals surface area contributed by atoms with Crippen LogP contribution in [-0.4, -0.2) is 11.0 Å². The first-order valence-electron chi connectivity index (χ1n) is 6.52. The number of benzene rings is 1. The van der Waals surface area contributed by atoms with E-state index >= 15 is 0 Å². The first-order valence-corrected chi connectivity index (χ1v) is 7.40. The zero-order valence-electron chi connectivity index (χ0n) is 11.7. The smallest absolute Gasteiger partial charge is 0.0897 e. The SMILES string of the molecule is Cc1nc(CC(Cc2c(C)cccc2C)NN)cs1. The van der Waals surface area contributed by atoms with Gasteiger partial charge in [-0.2, -0.15) is 0 Å². The maximum absolute atomic E-state index is 5.70. The van der Waals surface area contributed by atoms with Crippen molar-refractivity contribution in [2.24, 2.45) is 5.84 Å². The van der Waals surface area contributed by atoms with Gasteiger partial charge in [-0.25, -0.2) is 4.98 Å². The molecule has 1 unspecified atom stereocenters. The molecule has 0 aliphatic carbocycles. The average Bonchev–Trinajstić information content (AvgIpc) is 2.78. The number of nitrogens with one attached hydrogen (secondary N) is 1. The van der Waals surface area contributed by atoms with Gasteiger partial charge in [0.15, 0.2) is 0 Å². The molecule has 0 aliphatic rings. The van der Waals surface area contributed by atoms with E-state index in [-0.39, 0.29) is 6.04 Å². The van der Waals surface area contributed by atoms with Gasteiger partial charge in [0.25, 0.3) is 0 Å². The summed E-state index contributed by atoms with van der Waals surface area (Å²) in [6.45, 7) is 6.34. The highest BCUT2D eigenvalue weighted by atomic mass is 32.1. The molecule has 0 amide bonds. The van der Waals surface area contributed by atoms with Crippen LogP contribution < -0.4 is 11.3 Å². The van der Waals surface area contributed by atoms with Crippen LogP contribution in [0.3, 0.4) is 0 Å². The third-order valence-electron chi connectivity index (χ3n) is 3.45. The highest BCUT2D eigenvalue weighted by Crippen LogP contribution is 2.17. The van der Waals surface area contributed by atoms with Crippen molar-refractivity contribution in [1.29, 1.82) is 0 Å². The van der Waals surface area contributed by atoms with Crippen molar-refractivity contribution in [3.05, 3.63) is 51.0 Å². The van der Waals surface area contributed by atoms with Crippen LogP contribution in [-0.2, 0) is 12.8 Å². The molecule has 4 heteroatoms. The molecule has 2 rings (SSSR count). The topological polar surface area (TPSA) is 50.9 Å². The molecule has 1 aromatic carbocycles. The van der Waals surface area contributed by atoms with Crippen molar-refractivity contribution in [3.63, 3.8) is 0 Å². The number of nitrogens with two attached hydrogens (primary N) is 1. The molecule has 0 radical (unpaired) electrons. The summed E-state index contributed by atoms with van der Waals surface area (Å²) in [5.41, 5.74) is 8.09. The zero-order valence-corrected chi connectivity index (χ0v) is 12.6. The molecule has 2 aromatic rings. The summed E-state index contributed by atoms with van der Waals surface area (Å²) in [6.07, 6.45) is 1.81. The Bertz CT molecular complexity index is 528. The Morgan fingerprint density at radius 2 is 1.89 bits per heavy atom. The number of hydrogen-bond acceptors (Lipinski definition) is 4. The molecule has 1 aromatic heterocycles. The molecule has 1 atom stereocenters. The Labute approximate surface area is 118 Å². The highest BCUT2D eigenvalue weighted by Gasteiger charge is 2.13. The Balaban J connectivity index is 2.11. The minimum atomic E-state index is 0.223. The predicted octanol–water partition coefficient (Wildman–Crippen LogP) is 2.69. The fourth-order valence-corrected chi connectivity index (χ4v) is 2.99. The maximum atomic E-state index is 5.70. The van der Waals surface area contributed by atoms with Gasteiger partial charge in [-0.1, -0.05) is 18.2 Å². The summed E-state index contributed by atoms with van der Waals surface area (Å²) in [4.78, 5) is 4.51. The van der Waals surface area contributed by atoms with Gasteiger partial charge in [0, 0.05) is 17.8 Å². The van der Waals surface area contributed by atoms with E-state index in [1.54, 1.807) is 11.3 Å². The van der Waals surface area contributed by atoms with E-state index in [9.17, 15) is 0 Å². The Morgan fingerprint density at radius 1 is 1.21 bits per heavy atom. The Hall–Kier alpha value is -1.23. The van der Waals surface area contributed by atoms with E-state index in [4.69, 9.17) is 5.84 Å². The van der Waals surface area contributed by atoms with Crippen LogP contribution in [0.15, 0.2) is 23.6 Å². The van der Waals surface area contributed by atoms with Gasteiger partial charge in [0.2, 0.25) is 0 Å². The maximum Gasteiger partial charge on any atom is 0.0897 e. The molecule has 0 aliphatic heterocycles. The average molecular weight is 275 g/mol. The summed E-state index contributed by atoms with van der Waals surface area (Å²) >= 11 is 1.69. The van der Waals surface area contributed by atoms with E-state index in [2.05, 4.69) is 47.8 Å². The monoisotopic (exact) mass is 275 g/mol. The van der Waals surface area contributed by atoms with E-state index < -0.39 is 0 Å². The van der Waals surface area contributed by atoms with Crippen molar-refractivity contribution < 1.29 is 0 Å². The standard InChI is InChI=1S/C15H21N3S/c1-10-5-4-6-11(2)15(10)8-13(18-16)7-14-9-19-12(3)17-14/h4-6,9,13,18H,7-8,16H2,1-3H3. The molecule has 0 spiro atoms. The number of rotatable bonds is 5. The summed E-state index contributed by atoms with van der Waals surface area (Å²) in [7, 11) is 0. The molecule has 19 heavy (non-hydrogen) atoms. The number of aryl methyl sites for hydroxylation is 3. The lowest BCUT2D eigenvalue weighted by Crippen LogP contribution is -2.38. The first kappa shape index (κ1) is 14.2. The number of thiazole rings is 1. The molecule has 0 fully saturated rings. The molecule has 1 heterocycles. The van der Waals surface area contributed by atoms with Crippen LogP contribution in [0.5, 0.6) is 0 Å². The number of hydrogen-bond donors (Lipinski definition) is 2. The minimum Gasteiger partial charge on any atom is -0.271 e. The van der Waals surface area contributed by atoms with Gasteiger partial charge >= 0.3 is 0 Å². The first-order chi connectivity index (χ1) is 9.10. The molecule has 0 saturated heterocycles. The third kappa shape index (κ3) is 3.62. The van der Waals surface area contributed by atoms with Crippen molar-refractivity contribution >= 4 is 11.3 Å². The predicted molar refractivity (Wildman–Crippen MR) is 81.3 cm³/mol. The molecule has 3 nitrogen and oxygen atoms in total. The number of nitrogens with zero attached hydrogens (tertiary/aromatic N) is 1. The van der Waals surface area contributed by atoms with E-state index in [0.29, 0.717) is 0 Å². The molecule has 102 valence electrons. The second-order valence-corrected chi connectivity index (χ2v) is 6.06. The highest BCUT2D eigenvalue weighted by molar-refractivity contribution is 7.09. The number of aromatic nitrogens is 1. The van der Waals surface area contributed by atoms with Gasteiger partial charge < -0.3 is 0 Å². The van der Waals surface area contributed by atoms with Gasteiger partial charge in [-0.15, -0.1) is 11.3 Å². The molecular formula is C15H21N3S. The van der Waals surface area contributed by atoms with Crippen LogP contribution in [0.2, 0.25) is 0 Å². The second kappa shape index (κ2) is 6.28. The van der Waals surface area contributed by atoms with Gasteiger partial charge in [0.1, 0.15) is 0 Å². The third-order valence-corrected chi connectivity index (χ3v) is 4.28. The van der Waals surface area contributed by atoms with Crippen molar-refractivity contribution in [3.8, 4) is 0 Å². The van der Waals surface area contributed by atoms with Crippen molar-refractivity contribution in [2.75, 3.05) is 0 Å². The van der Waals surface area contributed by atoms with Crippen LogP contribution in [0.1, 0.15) is 27.4 Å². The lowest BCUT2D eigenvalue weighted by molar-refractivity contribution is 0.516. The van der Waals surface area contributed by atoms with Gasteiger partial charge in [0.05, 0.1) is 10.7 Å². The summed E-state index contributed by atoms with van der Waals surface area (Å²) < 4.78 is 0. The van der Waals surface area contributed by atoms with Crippen LogP contribution >= 0.6 is 11.3 Å². The second-order valence-electron chi connectivity index (χ2n) is 5.00. The Kier molecular flexibility index (Phi) is 4.69. The van der Waals surface area contributed by atoms with Crippen LogP contribution in [0.4, 0.5) is 0 Å². The van der Waals surface area contributed by atoms with Crippen LogP contribution in [0.25, 0.3) is 0 Å². The quantitative estimate of drug-likeness (QED) is 0.651. The zero-order chi connectivity index (χ0) is 13.8. The fraction of sp³-hybridized carbons (Fsp3) is 0.400. The van der Waals surface area contributed by atoms with Gasteiger partial charge in [-0.05, 0) is 43.9 Å². The normalized spacial score (nSPS) is 12.6. The molecule has 3 N–H and O–H groups in total. The summed E-state index contributed by atoms with van der Waals surface area (Å²) in [6, 6.07) is 6.63.